The maximum atomic E-state index is 11.8. The molecule has 2 N–H and O–H groups in total. The number of aromatic hydroxyl groups is 1. The van der Waals surface area contributed by atoms with Gasteiger partial charge in [0.2, 0.25) is 0 Å². The number of carbonyl (C=O) groups excluding carboxylic acids is 1. The maximum Gasteiger partial charge on any atom is 0.407 e. The van der Waals surface area contributed by atoms with Crippen LogP contribution in [0, 0.1) is 0 Å². The van der Waals surface area contributed by atoms with Gasteiger partial charge in [0.15, 0.2) is 0 Å². The fraction of sp³-hybridized carbons (Fsp3) is 0.435. The number of carbonyl (C=O) groups is 1. The van der Waals surface area contributed by atoms with E-state index in [1.807, 2.05) is 45.0 Å². The fourth-order valence-corrected chi connectivity index (χ4v) is 3.24. The molecule has 0 bridgehead atoms. The lowest BCUT2D eigenvalue weighted by atomic mass is 9.89. The van der Waals surface area contributed by atoms with Crippen molar-refractivity contribution in [2.45, 2.75) is 64.2 Å². The number of phenols is 1. The van der Waals surface area contributed by atoms with Crippen LogP contribution >= 0.6 is 0 Å². The van der Waals surface area contributed by atoms with Gasteiger partial charge in [0.1, 0.15) is 23.2 Å². The molecule has 5 nitrogen and oxygen atoms in total. The minimum atomic E-state index is -0.483. The highest BCUT2D eigenvalue weighted by Gasteiger charge is 2.33. The number of hydrogen-bond donors (Lipinski definition) is 2. The Bertz CT molecular complexity index is 787. The lowest BCUT2D eigenvalue weighted by Crippen LogP contribution is -2.50. The van der Waals surface area contributed by atoms with E-state index in [1.54, 1.807) is 12.1 Å². The van der Waals surface area contributed by atoms with Crippen LogP contribution in [-0.2, 0) is 4.74 Å². The van der Waals surface area contributed by atoms with Crippen molar-refractivity contribution in [3.63, 3.8) is 0 Å². The summed E-state index contributed by atoms with van der Waals surface area (Å²) in [5.74, 6) is 1.35. The number of nitrogens with one attached hydrogen (secondary N) is 1. The van der Waals surface area contributed by atoms with E-state index in [9.17, 15) is 9.90 Å². The largest absolute Gasteiger partial charge is 0.508 e. The number of rotatable bonds is 5. The molecule has 1 atom stereocenters. The lowest BCUT2D eigenvalue weighted by molar-refractivity contribution is 0.0363. The van der Waals surface area contributed by atoms with Gasteiger partial charge >= 0.3 is 6.09 Å². The van der Waals surface area contributed by atoms with Crippen LogP contribution in [-0.4, -0.2) is 28.9 Å². The van der Waals surface area contributed by atoms with Gasteiger partial charge in [0.05, 0.1) is 0 Å². The highest BCUT2D eigenvalue weighted by molar-refractivity contribution is 5.68. The molecule has 2 aromatic rings. The van der Waals surface area contributed by atoms with Gasteiger partial charge in [-0.15, -0.1) is 0 Å². The number of phenolic OH excluding ortho intramolecular Hbond substituents is 1. The van der Waals surface area contributed by atoms with Crippen LogP contribution in [0.15, 0.2) is 48.5 Å². The van der Waals surface area contributed by atoms with Crippen molar-refractivity contribution in [2.75, 3.05) is 0 Å². The fourth-order valence-electron chi connectivity index (χ4n) is 3.24. The third kappa shape index (κ3) is 5.41. The van der Waals surface area contributed by atoms with Crippen LogP contribution in [0.5, 0.6) is 11.5 Å². The summed E-state index contributed by atoms with van der Waals surface area (Å²) in [5, 5.41) is 12.3. The molecule has 0 aliphatic heterocycles. The summed E-state index contributed by atoms with van der Waals surface area (Å²) in [4.78, 5) is 11.8. The Labute approximate surface area is 166 Å². The molecule has 1 amide bonds. The molecular weight excluding hydrogens is 354 g/mol. The summed E-state index contributed by atoms with van der Waals surface area (Å²) >= 11 is 0. The van der Waals surface area contributed by atoms with Crippen molar-refractivity contribution in [1.29, 1.82) is 0 Å². The second-order valence-corrected chi connectivity index (χ2v) is 8.44. The normalized spacial score (nSPS) is 20.0. The van der Waals surface area contributed by atoms with Gasteiger partial charge < -0.3 is 19.9 Å². The van der Waals surface area contributed by atoms with Crippen LogP contribution < -0.4 is 10.1 Å². The Kier molecular flexibility index (Phi) is 5.82. The second kappa shape index (κ2) is 8.13. The average Bonchev–Trinajstić information content (AvgIpc) is 2.59. The number of amides is 1. The average molecular weight is 383 g/mol. The topological polar surface area (TPSA) is 67.8 Å². The molecule has 0 unspecified atom stereocenters. The molecule has 1 saturated carbocycles. The first-order chi connectivity index (χ1) is 13.2. The van der Waals surface area contributed by atoms with E-state index in [2.05, 4.69) is 24.4 Å². The zero-order chi connectivity index (χ0) is 20.3. The highest BCUT2D eigenvalue weighted by atomic mass is 16.6. The van der Waals surface area contributed by atoms with Crippen LogP contribution in [0.1, 0.15) is 57.6 Å². The van der Waals surface area contributed by atoms with Crippen molar-refractivity contribution in [3.05, 3.63) is 59.7 Å². The summed E-state index contributed by atoms with van der Waals surface area (Å²) in [6, 6.07) is 15.5. The molecule has 0 heterocycles. The summed E-state index contributed by atoms with van der Waals surface area (Å²) < 4.78 is 11.3. The zero-order valence-corrected chi connectivity index (χ0v) is 16.9. The predicted octanol–water partition coefficient (Wildman–Crippen LogP) is 4.98. The Morgan fingerprint density at radius 2 is 1.57 bits per heavy atom. The van der Waals surface area contributed by atoms with Crippen molar-refractivity contribution >= 4 is 6.09 Å². The van der Waals surface area contributed by atoms with Crippen LogP contribution in [0.4, 0.5) is 4.79 Å². The van der Waals surface area contributed by atoms with Gasteiger partial charge in [-0.2, -0.15) is 0 Å². The van der Waals surface area contributed by atoms with E-state index in [0.29, 0.717) is 0 Å². The number of hydrogen-bond acceptors (Lipinski definition) is 4. The zero-order valence-electron chi connectivity index (χ0n) is 16.9. The molecule has 5 heteroatoms. The number of ether oxygens (including phenoxy) is 2. The quantitative estimate of drug-likeness (QED) is 0.764. The highest BCUT2D eigenvalue weighted by Crippen LogP contribution is 2.30. The first-order valence-corrected chi connectivity index (χ1v) is 9.74. The van der Waals surface area contributed by atoms with Crippen molar-refractivity contribution in [1.82, 2.24) is 5.32 Å². The van der Waals surface area contributed by atoms with E-state index in [0.717, 1.165) is 24.2 Å². The van der Waals surface area contributed by atoms with Crippen LogP contribution in [0.25, 0.3) is 0 Å². The van der Waals surface area contributed by atoms with Gasteiger partial charge in [-0.3, -0.25) is 0 Å². The van der Waals surface area contributed by atoms with E-state index >= 15 is 0 Å². The molecule has 1 fully saturated rings. The Morgan fingerprint density at radius 3 is 2.11 bits per heavy atom. The molecule has 0 spiro atoms. The lowest BCUT2D eigenvalue weighted by Gasteiger charge is -2.36. The van der Waals surface area contributed by atoms with Gasteiger partial charge in [0, 0.05) is 24.8 Å². The van der Waals surface area contributed by atoms with Crippen molar-refractivity contribution < 1.29 is 19.4 Å². The predicted molar refractivity (Wildman–Crippen MR) is 109 cm³/mol. The maximum absolute atomic E-state index is 11.8. The summed E-state index contributed by atoms with van der Waals surface area (Å²) in [6.07, 6.45) is 1.30. The second-order valence-electron chi connectivity index (χ2n) is 8.44. The van der Waals surface area contributed by atoms with Gasteiger partial charge in [-0.05, 0) is 56.2 Å². The van der Waals surface area contributed by atoms with E-state index in [4.69, 9.17) is 9.47 Å². The minimum Gasteiger partial charge on any atom is -0.508 e. The van der Waals surface area contributed by atoms with Crippen molar-refractivity contribution in [3.8, 4) is 11.5 Å². The first kappa shape index (κ1) is 20.1. The van der Waals surface area contributed by atoms with Gasteiger partial charge in [-0.25, -0.2) is 4.79 Å². The van der Waals surface area contributed by atoms with Gasteiger partial charge in [0.25, 0.3) is 0 Å². The van der Waals surface area contributed by atoms with E-state index in [-0.39, 0.29) is 29.9 Å². The van der Waals surface area contributed by atoms with E-state index < -0.39 is 5.60 Å². The standard InChI is InChI=1S/C23H29NO4/c1-15(16-5-9-19(25)10-6-16)17-7-11-20(12-8-17)27-21-13-18(14-21)24-22(26)28-23(2,3)4/h5-12,15,18,21,25H,13-14H2,1-4H3,(H,24,26)/t15-,18?,21?/m1/s1. The molecule has 1 aliphatic rings. The third-order valence-electron chi connectivity index (χ3n) is 4.89. The molecule has 0 aromatic heterocycles. The molecule has 2 aromatic carbocycles. The van der Waals surface area contributed by atoms with Crippen molar-refractivity contribution in [2.24, 2.45) is 0 Å². The van der Waals surface area contributed by atoms with E-state index in [1.165, 1.54) is 5.56 Å². The monoisotopic (exact) mass is 383 g/mol. The SMILES string of the molecule is C[C@H](c1ccc(O)cc1)c1ccc(OC2CC(NC(=O)OC(C)(C)C)C2)cc1. The summed E-state index contributed by atoms with van der Waals surface area (Å²) in [6.45, 7) is 7.70. The Balaban J connectivity index is 1.47. The number of alkyl carbamates (subject to hydrolysis) is 1. The molecule has 150 valence electrons. The molecule has 0 saturated heterocycles. The van der Waals surface area contributed by atoms with Crippen LogP contribution in [0.2, 0.25) is 0 Å². The molecule has 0 radical (unpaired) electrons. The van der Waals surface area contributed by atoms with Crippen LogP contribution in [0.3, 0.4) is 0 Å². The summed E-state index contributed by atoms with van der Waals surface area (Å²) in [5.41, 5.74) is 1.86. The molecule has 3 rings (SSSR count). The molecule has 1 aliphatic carbocycles. The first-order valence-electron chi connectivity index (χ1n) is 9.74. The Hall–Kier alpha value is -2.69. The Morgan fingerprint density at radius 1 is 1.04 bits per heavy atom. The third-order valence-corrected chi connectivity index (χ3v) is 4.89. The molecular formula is C23H29NO4. The minimum absolute atomic E-state index is 0.105. The molecule has 28 heavy (non-hydrogen) atoms. The summed E-state index contributed by atoms with van der Waals surface area (Å²) in [7, 11) is 0. The smallest absolute Gasteiger partial charge is 0.407 e. The van der Waals surface area contributed by atoms with Gasteiger partial charge in [-0.1, -0.05) is 31.2 Å². The number of benzene rings is 2.